The van der Waals surface area contributed by atoms with Crippen molar-refractivity contribution in [2.45, 2.75) is 70.0 Å². The fourth-order valence-electron chi connectivity index (χ4n) is 4.28. The second kappa shape index (κ2) is 6.14. The molecule has 0 unspecified atom stereocenters. The number of piperazine rings is 1. The maximum Gasteiger partial charge on any atom is 0.282 e. The highest BCUT2D eigenvalue weighted by Crippen LogP contribution is 2.30. The molecule has 0 aromatic heterocycles. The summed E-state index contributed by atoms with van der Waals surface area (Å²) in [5, 5.41) is 0. The minimum absolute atomic E-state index is 0.0930. The number of nitrogens with zero attached hydrogens (tertiary/aromatic N) is 3. The summed E-state index contributed by atoms with van der Waals surface area (Å²) in [6, 6.07) is 0.740. The van der Waals surface area contributed by atoms with Crippen LogP contribution in [0, 0.1) is 0 Å². The average Bonchev–Trinajstić information content (AvgIpc) is 2.93. The molecule has 1 saturated carbocycles. The third kappa shape index (κ3) is 3.00. The van der Waals surface area contributed by atoms with Crippen molar-refractivity contribution in [2.75, 3.05) is 26.7 Å². The van der Waals surface area contributed by atoms with E-state index in [2.05, 4.69) is 11.8 Å². The van der Waals surface area contributed by atoms with E-state index < -0.39 is 10.2 Å². The average molecular weight is 315 g/mol. The third-order valence-corrected chi connectivity index (χ3v) is 7.76. The van der Waals surface area contributed by atoms with Crippen molar-refractivity contribution in [1.29, 1.82) is 0 Å². The fourth-order valence-corrected chi connectivity index (χ4v) is 6.08. The van der Waals surface area contributed by atoms with E-state index in [1.54, 1.807) is 15.7 Å². The first kappa shape index (κ1) is 15.7. The molecule has 3 fully saturated rings. The third-order valence-electron chi connectivity index (χ3n) is 5.63. The Morgan fingerprint density at radius 1 is 1.00 bits per heavy atom. The SMILES string of the molecule is C[C@@H]1CN2CCC[C@H]2CN1S(=O)(=O)N(C)C1CCCCC1. The molecule has 1 aliphatic carbocycles. The molecule has 2 saturated heterocycles. The lowest BCUT2D eigenvalue weighted by atomic mass is 9.96. The first-order valence-corrected chi connectivity index (χ1v) is 9.88. The minimum atomic E-state index is -3.31. The van der Waals surface area contributed by atoms with Crippen LogP contribution in [0.2, 0.25) is 0 Å². The molecular formula is C15H29N3O2S. The van der Waals surface area contributed by atoms with E-state index in [-0.39, 0.29) is 12.1 Å². The van der Waals surface area contributed by atoms with Gasteiger partial charge in [0.15, 0.2) is 0 Å². The maximum atomic E-state index is 13.0. The second-order valence-corrected chi connectivity index (χ2v) is 8.97. The number of hydrogen-bond donors (Lipinski definition) is 0. The summed E-state index contributed by atoms with van der Waals surface area (Å²) in [6.45, 7) is 4.77. The lowest BCUT2D eigenvalue weighted by molar-refractivity contribution is 0.109. The van der Waals surface area contributed by atoms with Gasteiger partial charge in [-0.15, -0.1) is 0 Å². The van der Waals surface area contributed by atoms with Gasteiger partial charge in [-0.25, -0.2) is 0 Å². The summed E-state index contributed by atoms with van der Waals surface area (Å²) in [6.07, 6.45) is 7.98. The van der Waals surface area contributed by atoms with Gasteiger partial charge in [-0.2, -0.15) is 17.0 Å². The van der Waals surface area contributed by atoms with Crippen LogP contribution in [0.25, 0.3) is 0 Å². The van der Waals surface area contributed by atoms with E-state index in [9.17, 15) is 8.42 Å². The smallest absolute Gasteiger partial charge is 0.282 e. The van der Waals surface area contributed by atoms with Crippen molar-refractivity contribution < 1.29 is 8.42 Å². The second-order valence-electron chi connectivity index (χ2n) is 7.03. The van der Waals surface area contributed by atoms with Crippen molar-refractivity contribution in [3.8, 4) is 0 Å². The van der Waals surface area contributed by atoms with Crippen molar-refractivity contribution in [2.24, 2.45) is 0 Å². The molecule has 2 heterocycles. The lowest BCUT2D eigenvalue weighted by Gasteiger charge is -2.44. The molecule has 3 rings (SSSR count). The summed E-state index contributed by atoms with van der Waals surface area (Å²) >= 11 is 0. The van der Waals surface area contributed by atoms with Gasteiger partial charge < -0.3 is 0 Å². The van der Waals surface area contributed by atoms with E-state index in [1.165, 1.54) is 12.8 Å². The van der Waals surface area contributed by atoms with Crippen LogP contribution in [0.15, 0.2) is 0 Å². The Bertz CT molecular complexity index is 462. The van der Waals surface area contributed by atoms with Crippen LogP contribution in [0.5, 0.6) is 0 Å². The topological polar surface area (TPSA) is 43.9 Å². The molecular weight excluding hydrogens is 286 g/mol. The van der Waals surface area contributed by atoms with E-state index in [0.29, 0.717) is 12.6 Å². The van der Waals surface area contributed by atoms with Gasteiger partial charge in [0.05, 0.1) is 0 Å². The van der Waals surface area contributed by atoms with Crippen LogP contribution in [0.1, 0.15) is 51.9 Å². The van der Waals surface area contributed by atoms with Gasteiger partial charge in [-0.3, -0.25) is 4.90 Å². The van der Waals surface area contributed by atoms with Crippen LogP contribution < -0.4 is 0 Å². The minimum Gasteiger partial charge on any atom is -0.297 e. The van der Waals surface area contributed by atoms with Crippen molar-refractivity contribution in [3.63, 3.8) is 0 Å². The highest BCUT2D eigenvalue weighted by Gasteiger charge is 2.42. The largest absolute Gasteiger partial charge is 0.297 e. The van der Waals surface area contributed by atoms with E-state index in [1.807, 2.05) is 0 Å². The molecule has 122 valence electrons. The summed E-state index contributed by atoms with van der Waals surface area (Å²) in [4.78, 5) is 2.47. The number of fused-ring (bicyclic) bond motifs is 1. The molecule has 2 atom stereocenters. The Morgan fingerprint density at radius 2 is 1.71 bits per heavy atom. The molecule has 2 aliphatic heterocycles. The summed E-state index contributed by atoms with van der Waals surface area (Å²) in [5.41, 5.74) is 0. The van der Waals surface area contributed by atoms with Crippen LogP contribution in [0.3, 0.4) is 0 Å². The maximum absolute atomic E-state index is 13.0. The van der Waals surface area contributed by atoms with Crippen molar-refractivity contribution in [3.05, 3.63) is 0 Å². The van der Waals surface area contributed by atoms with E-state index in [4.69, 9.17) is 0 Å². The predicted octanol–water partition coefficient (Wildman–Crippen LogP) is 1.66. The Balaban J connectivity index is 1.73. The molecule has 0 bridgehead atoms. The quantitative estimate of drug-likeness (QED) is 0.796. The Labute approximate surface area is 129 Å². The Kier molecular flexibility index (Phi) is 4.60. The Morgan fingerprint density at radius 3 is 2.43 bits per heavy atom. The fraction of sp³-hybridized carbons (Fsp3) is 1.00. The molecule has 0 aromatic carbocycles. The molecule has 21 heavy (non-hydrogen) atoms. The normalized spacial score (nSPS) is 33.5. The van der Waals surface area contributed by atoms with Crippen LogP contribution in [0.4, 0.5) is 0 Å². The molecule has 0 spiro atoms. The number of hydrogen-bond acceptors (Lipinski definition) is 3. The molecule has 0 aromatic rings. The van der Waals surface area contributed by atoms with Crippen LogP contribution in [-0.4, -0.2) is 66.7 Å². The van der Waals surface area contributed by atoms with Gasteiger partial charge in [0.2, 0.25) is 0 Å². The zero-order valence-electron chi connectivity index (χ0n) is 13.4. The Hall–Kier alpha value is -0.170. The molecule has 0 radical (unpaired) electrons. The molecule has 3 aliphatic rings. The highest BCUT2D eigenvalue weighted by atomic mass is 32.2. The van der Waals surface area contributed by atoms with Gasteiger partial charge in [-0.05, 0) is 39.2 Å². The van der Waals surface area contributed by atoms with Gasteiger partial charge in [0.1, 0.15) is 0 Å². The molecule has 0 amide bonds. The number of rotatable bonds is 3. The van der Waals surface area contributed by atoms with Gasteiger partial charge >= 0.3 is 0 Å². The first-order valence-electron chi connectivity index (χ1n) is 8.49. The van der Waals surface area contributed by atoms with Crippen molar-refractivity contribution >= 4 is 10.2 Å². The van der Waals surface area contributed by atoms with E-state index >= 15 is 0 Å². The monoisotopic (exact) mass is 315 g/mol. The van der Waals surface area contributed by atoms with Crippen LogP contribution in [-0.2, 0) is 10.2 Å². The molecule has 0 N–H and O–H groups in total. The van der Waals surface area contributed by atoms with Gasteiger partial charge in [0, 0.05) is 38.3 Å². The highest BCUT2D eigenvalue weighted by molar-refractivity contribution is 7.86. The van der Waals surface area contributed by atoms with Gasteiger partial charge in [-0.1, -0.05) is 19.3 Å². The zero-order chi connectivity index (χ0) is 15.0. The standard InChI is InChI=1S/C15H29N3O2S/c1-13-11-17-10-6-9-15(17)12-18(13)21(19,20)16(2)14-7-4-3-5-8-14/h13-15H,3-12H2,1-2H3/t13-,15+/m1/s1. The summed E-state index contributed by atoms with van der Waals surface area (Å²) < 4.78 is 29.5. The zero-order valence-corrected chi connectivity index (χ0v) is 14.2. The van der Waals surface area contributed by atoms with Gasteiger partial charge in [0.25, 0.3) is 10.2 Å². The van der Waals surface area contributed by atoms with Crippen LogP contribution >= 0.6 is 0 Å². The molecule has 6 heteroatoms. The molecule has 5 nitrogen and oxygen atoms in total. The van der Waals surface area contributed by atoms with E-state index in [0.717, 1.165) is 45.2 Å². The summed E-state index contributed by atoms with van der Waals surface area (Å²) in [5.74, 6) is 0. The van der Waals surface area contributed by atoms with Crippen molar-refractivity contribution in [1.82, 2.24) is 13.5 Å². The first-order chi connectivity index (χ1) is 10.00. The lowest BCUT2D eigenvalue weighted by Crippen LogP contribution is -2.60. The predicted molar refractivity (Wildman–Crippen MR) is 84.3 cm³/mol. The summed E-state index contributed by atoms with van der Waals surface area (Å²) in [7, 11) is -1.52.